The van der Waals surface area contributed by atoms with E-state index in [2.05, 4.69) is 32.7 Å². The van der Waals surface area contributed by atoms with Crippen molar-refractivity contribution in [1.82, 2.24) is 5.32 Å². The molecule has 1 N–H and O–H groups in total. The Balaban J connectivity index is 3.19. The van der Waals surface area contributed by atoms with Gasteiger partial charge < -0.3 is 5.32 Å². The third kappa shape index (κ3) is 7.80. The van der Waals surface area contributed by atoms with Gasteiger partial charge in [0.1, 0.15) is 0 Å². The Morgan fingerprint density at radius 1 is 1.50 bits per heavy atom. The first kappa shape index (κ1) is 11.7. The first-order valence-electron chi connectivity index (χ1n) is 5.04. The number of rotatable bonds is 7. The number of hydrogen-bond acceptors (Lipinski definition) is 1. The molecule has 0 spiro atoms. The second-order valence-corrected chi connectivity index (χ2v) is 3.70. The summed E-state index contributed by atoms with van der Waals surface area (Å²) >= 11 is 0. The molecular weight excluding hydrogens is 146 g/mol. The Kier molecular flexibility index (Phi) is 7.17. The second kappa shape index (κ2) is 7.35. The van der Waals surface area contributed by atoms with Crippen LogP contribution in [0.5, 0.6) is 0 Å². The molecule has 1 unspecified atom stereocenters. The van der Waals surface area contributed by atoms with Crippen LogP contribution >= 0.6 is 0 Å². The van der Waals surface area contributed by atoms with Crippen LogP contribution in [0, 0.1) is 0 Å². The molecule has 0 fully saturated rings. The van der Waals surface area contributed by atoms with Crippen molar-refractivity contribution < 1.29 is 0 Å². The SMILES string of the molecule is C=C(C)CCNC(C)CCCC. The molecular formula is C11H23N. The summed E-state index contributed by atoms with van der Waals surface area (Å²) in [4.78, 5) is 0. The van der Waals surface area contributed by atoms with Crippen LogP contribution in [0.3, 0.4) is 0 Å². The van der Waals surface area contributed by atoms with Gasteiger partial charge in [-0.1, -0.05) is 25.3 Å². The molecule has 0 aromatic rings. The van der Waals surface area contributed by atoms with Gasteiger partial charge in [-0.2, -0.15) is 0 Å². The zero-order valence-corrected chi connectivity index (χ0v) is 8.82. The molecule has 12 heavy (non-hydrogen) atoms. The monoisotopic (exact) mass is 169 g/mol. The van der Waals surface area contributed by atoms with E-state index in [1.54, 1.807) is 0 Å². The minimum absolute atomic E-state index is 0.671. The highest BCUT2D eigenvalue weighted by molar-refractivity contribution is 4.88. The van der Waals surface area contributed by atoms with Gasteiger partial charge in [0.05, 0.1) is 0 Å². The molecule has 0 aromatic heterocycles. The number of hydrogen-bond donors (Lipinski definition) is 1. The summed E-state index contributed by atoms with van der Waals surface area (Å²) < 4.78 is 0. The van der Waals surface area contributed by atoms with E-state index in [-0.39, 0.29) is 0 Å². The minimum atomic E-state index is 0.671. The van der Waals surface area contributed by atoms with Gasteiger partial charge in [-0.3, -0.25) is 0 Å². The quantitative estimate of drug-likeness (QED) is 0.577. The van der Waals surface area contributed by atoms with Gasteiger partial charge in [-0.05, 0) is 33.2 Å². The van der Waals surface area contributed by atoms with Crippen molar-refractivity contribution in [3.8, 4) is 0 Å². The first-order valence-corrected chi connectivity index (χ1v) is 5.04. The van der Waals surface area contributed by atoms with Gasteiger partial charge in [-0.15, -0.1) is 6.58 Å². The Labute approximate surface area is 77.2 Å². The predicted octanol–water partition coefficient (Wildman–Crippen LogP) is 3.12. The number of nitrogens with one attached hydrogen (secondary N) is 1. The lowest BCUT2D eigenvalue weighted by Gasteiger charge is -2.12. The molecule has 0 amide bonds. The van der Waals surface area contributed by atoms with Gasteiger partial charge in [0.25, 0.3) is 0 Å². The van der Waals surface area contributed by atoms with E-state index < -0.39 is 0 Å². The standard InChI is InChI=1S/C11H23N/c1-5-6-7-11(4)12-9-8-10(2)3/h11-12H,2,5-9H2,1,3-4H3. The van der Waals surface area contributed by atoms with E-state index in [0.717, 1.165) is 13.0 Å². The summed E-state index contributed by atoms with van der Waals surface area (Å²) in [5.74, 6) is 0. The highest BCUT2D eigenvalue weighted by Gasteiger charge is 1.98. The largest absolute Gasteiger partial charge is 0.314 e. The highest BCUT2D eigenvalue weighted by Crippen LogP contribution is 2.00. The van der Waals surface area contributed by atoms with Crippen LogP contribution in [-0.2, 0) is 0 Å². The highest BCUT2D eigenvalue weighted by atomic mass is 14.9. The van der Waals surface area contributed by atoms with E-state index in [1.165, 1.54) is 24.8 Å². The maximum Gasteiger partial charge on any atom is 0.00388 e. The third-order valence-corrected chi connectivity index (χ3v) is 2.04. The van der Waals surface area contributed by atoms with Crippen molar-refractivity contribution in [2.45, 2.75) is 52.5 Å². The average Bonchev–Trinajstić information content (AvgIpc) is 2.00. The molecule has 0 radical (unpaired) electrons. The summed E-state index contributed by atoms with van der Waals surface area (Å²) in [5, 5.41) is 3.49. The van der Waals surface area contributed by atoms with Crippen LogP contribution in [-0.4, -0.2) is 12.6 Å². The fourth-order valence-corrected chi connectivity index (χ4v) is 1.14. The fraction of sp³-hybridized carbons (Fsp3) is 0.818. The summed E-state index contributed by atoms with van der Waals surface area (Å²) in [5.41, 5.74) is 1.27. The topological polar surface area (TPSA) is 12.0 Å². The maximum atomic E-state index is 3.87. The van der Waals surface area contributed by atoms with Gasteiger partial charge in [0.15, 0.2) is 0 Å². The molecule has 1 nitrogen and oxygen atoms in total. The zero-order chi connectivity index (χ0) is 9.40. The molecule has 1 heteroatoms. The lowest BCUT2D eigenvalue weighted by Crippen LogP contribution is -2.26. The molecule has 1 atom stereocenters. The van der Waals surface area contributed by atoms with Crippen LogP contribution < -0.4 is 5.32 Å². The molecule has 0 aromatic carbocycles. The van der Waals surface area contributed by atoms with E-state index >= 15 is 0 Å². The summed E-state index contributed by atoms with van der Waals surface area (Å²) in [7, 11) is 0. The fourth-order valence-electron chi connectivity index (χ4n) is 1.14. The Morgan fingerprint density at radius 3 is 2.67 bits per heavy atom. The van der Waals surface area contributed by atoms with Crippen molar-refractivity contribution >= 4 is 0 Å². The second-order valence-electron chi connectivity index (χ2n) is 3.70. The van der Waals surface area contributed by atoms with Crippen LogP contribution in [0.25, 0.3) is 0 Å². The number of unbranched alkanes of at least 4 members (excludes halogenated alkanes) is 1. The molecule has 0 aliphatic heterocycles. The lowest BCUT2D eigenvalue weighted by molar-refractivity contribution is 0.498. The van der Waals surface area contributed by atoms with Gasteiger partial charge >= 0.3 is 0 Å². The van der Waals surface area contributed by atoms with Crippen molar-refractivity contribution in [2.24, 2.45) is 0 Å². The third-order valence-electron chi connectivity index (χ3n) is 2.04. The molecule has 0 saturated carbocycles. The van der Waals surface area contributed by atoms with Crippen LogP contribution in [0.2, 0.25) is 0 Å². The van der Waals surface area contributed by atoms with E-state index in [9.17, 15) is 0 Å². The zero-order valence-electron chi connectivity index (χ0n) is 8.82. The summed E-state index contributed by atoms with van der Waals surface area (Å²) in [6.07, 6.45) is 5.04. The van der Waals surface area contributed by atoms with Crippen LogP contribution in [0.1, 0.15) is 46.5 Å². The minimum Gasteiger partial charge on any atom is -0.314 e. The molecule has 0 aliphatic rings. The Bertz CT molecular complexity index is 118. The van der Waals surface area contributed by atoms with Crippen molar-refractivity contribution in [3.63, 3.8) is 0 Å². The van der Waals surface area contributed by atoms with E-state index in [0.29, 0.717) is 6.04 Å². The predicted molar refractivity (Wildman–Crippen MR) is 56.4 cm³/mol. The normalized spacial score (nSPS) is 12.9. The van der Waals surface area contributed by atoms with Gasteiger partial charge in [0.2, 0.25) is 0 Å². The van der Waals surface area contributed by atoms with E-state index in [4.69, 9.17) is 0 Å². The van der Waals surface area contributed by atoms with E-state index in [1.807, 2.05) is 0 Å². The molecule has 0 saturated heterocycles. The molecule has 0 aliphatic carbocycles. The van der Waals surface area contributed by atoms with Crippen LogP contribution in [0.15, 0.2) is 12.2 Å². The van der Waals surface area contributed by atoms with Gasteiger partial charge in [0, 0.05) is 6.04 Å². The Hall–Kier alpha value is -0.300. The maximum absolute atomic E-state index is 3.87. The summed E-state index contributed by atoms with van der Waals surface area (Å²) in [6, 6.07) is 0.671. The molecule has 0 rings (SSSR count). The van der Waals surface area contributed by atoms with Crippen molar-refractivity contribution in [2.75, 3.05) is 6.54 Å². The van der Waals surface area contributed by atoms with Crippen molar-refractivity contribution in [3.05, 3.63) is 12.2 Å². The van der Waals surface area contributed by atoms with Gasteiger partial charge in [-0.25, -0.2) is 0 Å². The molecule has 0 heterocycles. The average molecular weight is 169 g/mol. The summed E-state index contributed by atoms with van der Waals surface area (Å²) in [6.45, 7) is 11.5. The smallest absolute Gasteiger partial charge is 0.00388 e. The molecule has 72 valence electrons. The Morgan fingerprint density at radius 2 is 2.17 bits per heavy atom. The van der Waals surface area contributed by atoms with Crippen molar-refractivity contribution in [1.29, 1.82) is 0 Å². The molecule has 0 bridgehead atoms. The lowest BCUT2D eigenvalue weighted by atomic mass is 10.1. The first-order chi connectivity index (χ1) is 5.66. The van der Waals surface area contributed by atoms with Crippen LogP contribution in [0.4, 0.5) is 0 Å².